The highest BCUT2D eigenvalue weighted by Crippen LogP contribution is 2.43. The van der Waals surface area contributed by atoms with E-state index in [0.717, 1.165) is 44.9 Å². The second-order valence-corrected chi connectivity index (χ2v) is 10.8. The molecule has 0 unspecified atom stereocenters. The largest absolute Gasteiger partial charge is 0.497 e. The number of nitro benzene ring substituents is 1. The first-order valence-electron chi connectivity index (χ1n) is 14.7. The third-order valence-electron chi connectivity index (χ3n) is 8.06. The molecule has 2 heterocycles. The Morgan fingerprint density at radius 1 is 0.809 bits per heavy atom. The lowest BCUT2D eigenvalue weighted by atomic mass is 9.98. The van der Waals surface area contributed by atoms with E-state index >= 15 is 0 Å². The van der Waals surface area contributed by atoms with Crippen LogP contribution in [0, 0.1) is 35.3 Å². The van der Waals surface area contributed by atoms with Gasteiger partial charge in [0.25, 0.3) is 5.69 Å². The highest BCUT2D eigenvalue weighted by molar-refractivity contribution is 5.90. The molecule has 0 spiro atoms. The van der Waals surface area contributed by atoms with E-state index in [9.17, 15) is 15.4 Å². The van der Waals surface area contributed by atoms with Crippen molar-refractivity contribution >= 4 is 17.8 Å². The highest BCUT2D eigenvalue weighted by atomic mass is 16.6. The maximum absolute atomic E-state index is 11.0. The molecule has 6 aromatic rings. The second-order valence-electron chi connectivity index (χ2n) is 10.8. The van der Waals surface area contributed by atoms with Gasteiger partial charge in [0.2, 0.25) is 5.88 Å². The van der Waals surface area contributed by atoms with Gasteiger partial charge in [0.05, 0.1) is 19.1 Å². The van der Waals surface area contributed by atoms with Gasteiger partial charge in [-0.15, -0.1) is 0 Å². The summed E-state index contributed by atoms with van der Waals surface area (Å²) in [5.41, 5.74) is 8.26. The number of furan rings is 1. The Hall–Kier alpha value is -6.40. The number of nitro groups is 1. The molecule has 0 amide bonds. The van der Waals surface area contributed by atoms with E-state index in [0.29, 0.717) is 28.4 Å². The fraction of sp³-hybridized carbons (Fsp3) is 0.105. The van der Waals surface area contributed by atoms with E-state index in [4.69, 9.17) is 18.9 Å². The summed E-state index contributed by atoms with van der Waals surface area (Å²) in [4.78, 5) is 15.3. The third-order valence-corrected chi connectivity index (χ3v) is 8.06. The summed E-state index contributed by atoms with van der Waals surface area (Å²) in [6.07, 6.45) is 1.72. The molecule has 9 nitrogen and oxygen atoms in total. The van der Waals surface area contributed by atoms with E-state index in [-0.39, 0.29) is 11.6 Å². The number of aryl methyl sites for hydroxylation is 1. The predicted octanol–water partition coefficient (Wildman–Crippen LogP) is 9.24. The van der Waals surface area contributed by atoms with E-state index in [1.807, 2.05) is 92.7 Å². The Kier molecular flexibility index (Phi) is 8.41. The molecule has 0 N–H and O–H groups in total. The first-order chi connectivity index (χ1) is 22.8. The van der Waals surface area contributed by atoms with Gasteiger partial charge in [-0.25, -0.2) is 4.99 Å². The monoisotopic (exact) mass is 622 g/mol. The van der Waals surface area contributed by atoms with Crippen LogP contribution < -0.4 is 9.47 Å². The molecule has 6 rings (SSSR count). The number of nitrogens with zero attached hydrogens (tertiary/aromatic N) is 4. The van der Waals surface area contributed by atoms with Crippen LogP contribution in [-0.4, -0.2) is 29.9 Å². The van der Waals surface area contributed by atoms with Gasteiger partial charge in [-0.3, -0.25) is 10.1 Å². The Balaban J connectivity index is 1.35. The summed E-state index contributed by atoms with van der Waals surface area (Å²) in [6, 6.07) is 33.8. The summed E-state index contributed by atoms with van der Waals surface area (Å²) < 4.78 is 19.1. The predicted molar refractivity (Wildman–Crippen MR) is 182 cm³/mol. The number of methoxy groups -OCH3 is 2. The maximum atomic E-state index is 11.0. The molecule has 232 valence electrons. The molecule has 0 atom stereocenters. The minimum atomic E-state index is -0.405. The van der Waals surface area contributed by atoms with Crippen molar-refractivity contribution in [2.24, 2.45) is 4.99 Å². The zero-order valence-electron chi connectivity index (χ0n) is 26.2. The van der Waals surface area contributed by atoms with E-state index in [2.05, 4.69) is 10.6 Å². The van der Waals surface area contributed by atoms with Gasteiger partial charge in [0, 0.05) is 52.1 Å². The lowest BCUT2D eigenvalue weighted by Gasteiger charge is -2.11. The molecular formula is C38H30N4O5. The topological polar surface area (TPSA) is 116 Å². The molecule has 2 aromatic heterocycles. The molecule has 0 aliphatic carbocycles. The number of benzene rings is 4. The van der Waals surface area contributed by atoms with Crippen molar-refractivity contribution in [3.8, 4) is 56.8 Å². The highest BCUT2D eigenvalue weighted by Gasteiger charge is 2.23. The molecule has 0 fully saturated rings. The van der Waals surface area contributed by atoms with Gasteiger partial charge in [-0.1, -0.05) is 24.3 Å². The molecule has 0 aliphatic rings. The van der Waals surface area contributed by atoms with Crippen LogP contribution in [-0.2, 0) is 0 Å². The molecule has 0 bridgehead atoms. The van der Waals surface area contributed by atoms with Crippen molar-refractivity contribution in [2.45, 2.75) is 13.8 Å². The minimum Gasteiger partial charge on any atom is -0.497 e. The summed E-state index contributed by atoms with van der Waals surface area (Å²) in [7, 11) is 3.22. The van der Waals surface area contributed by atoms with Gasteiger partial charge >= 0.3 is 0 Å². The van der Waals surface area contributed by atoms with Crippen LogP contribution in [0.4, 0.5) is 11.6 Å². The number of rotatable bonds is 9. The minimum absolute atomic E-state index is 0.0588. The van der Waals surface area contributed by atoms with Crippen molar-refractivity contribution in [1.29, 1.82) is 5.26 Å². The molecule has 0 saturated carbocycles. The van der Waals surface area contributed by atoms with Gasteiger partial charge in [-0.2, -0.15) is 5.26 Å². The number of aromatic nitrogens is 1. The van der Waals surface area contributed by atoms with Crippen LogP contribution in [0.5, 0.6) is 11.5 Å². The first kappa shape index (κ1) is 30.6. The first-order valence-corrected chi connectivity index (χ1v) is 14.7. The van der Waals surface area contributed by atoms with E-state index < -0.39 is 4.92 Å². The summed E-state index contributed by atoms with van der Waals surface area (Å²) in [5.74, 6) is 2.15. The standard InChI is InChI=1S/C38H30N4O5/c1-24-21-30(25(2)41(24)31-13-5-26(6-14-31)27-7-15-32(16-8-27)42(43)44)23-40-38-35(22-39)36(28-9-17-33(45-3)18-10-28)37(47-38)29-11-19-34(46-4)20-12-29/h5-21,23H,1-4H3. The SMILES string of the molecule is COc1ccc(-c2oc(N=Cc3cc(C)n(-c4ccc(-c5ccc([N+](=O)[O-])cc5)cc4)c3C)c(C#N)c2-c2ccc(OC)cc2)cc1. The Bertz CT molecular complexity index is 2130. The number of aliphatic imine (C=N–C) groups is 1. The van der Waals surface area contributed by atoms with Crippen LogP contribution in [0.15, 0.2) is 113 Å². The lowest BCUT2D eigenvalue weighted by molar-refractivity contribution is -0.384. The van der Waals surface area contributed by atoms with Crippen LogP contribution >= 0.6 is 0 Å². The van der Waals surface area contributed by atoms with Crippen molar-refractivity contribution in [1.82, 2.24) is 4.57 Å². The fourth-order valence-electron chi connectivity index (χ4n) is 5.61. The molecule has 47 heavy (non-hydrogen) atoms. The lowest BCUT2D eigenvalue weighted by Crippen LogP contribution is -1.99. The molecule has 4 aromatic carbocycles. The third kappa shape index (κ3) is 6.00. The smallest absolute Gasteiger partial charge is 0.269 e. The van der Waals surface area contributed by atoms with Crippen LogP contribution in [0.3, 0.4) is 0 Å². The molecule has 0 radical (unpaired) electrons. The summed E-state index contributed by atoms with van der Waals surface area (Å²) in [5, 5.41) is 21.3. The Morgan fingerprint density at radius 3 is 1.87 bits per heavy atom. The average Bonchev–Trinajstić information content (AvgIpc) is 3.62. The normalized spacial score (nSPS) is 11.0. The maximum Gasteiger partial charge on any atom is 0.269 e. The number of hydrogen-bond acceptors (Lipinski definition) is 7. The van der Waals surface area contributed by atoms with Crippen molar-refractivity contribution in [2.75, 3.05) is 14.2 Å². The van der Waals surface area contributed by atoms with Gasteiger partial charge in [0.1, 0.15) is 28.9 Å². The van der Waals surface area contributed by atoms with Crippen molar-refractivity contribution < 1.29 is 18.8 Å². The van der Waals surface area contributed by atoms with Gasteiger partial charge in [-0.05, 0) is 97.3 Å². The zero-order chi connectivity index (χ0) is 33.1. The zero-order valence-corrected chi connectivity index (χ0v) is 26.2. The molecule has 9 heteroatoms. The van der Waals surface area contributed by atoms with Crippen molar-refractivity contribution in [3.05, 3.63) is 136 Å². The average molecular weight is 623 g/mol. The Morgan fingerprint density at radius 2 is 1.34 bits per heavy atom. The quantitative estimate of drug-likeness (QED) is 0.0902. The second kappa shape index (κ2) is 12.9. The van der Waals surface area contributed by atoms with E-state index in [1.165, 1.54) is 12.1 Å². The van der Waals surface area contributed by atoms with Crippen LogP contribution in [0.25, 0.3) is 39.3 Å². The number of nitriles is 1. The van der Waals surface area contributed by atoms with E-state index in [1.54, 1.807) is 32.6 Å². The fourth-order valence-corrected chi connectivity index (χ4v) is 5.61. The number of hydrogen-bond donors (Lipinski definition) is 0. The van der Waals surface area contributed by atoms with Gasteiger partial charge < -0.3 is 18.5 Å². The van der Waals surface area contributed by atoms with Crippen molar-refractivity contribution in [3.63, 3.8) is 0 Å². The number of ether oxygens (including phenoxy) is 2. The molecular weight excluding hydrogens is 592 g/mol. The van der Waals surface area contributed by atoms with Crippen LogP contribution in [0.2, 0.25) is 0 Å². The van der Waals surface area contributed by atoms with Gasteiger partial charge in [0.15, 0.2) is 0 Å². The molecule has 0 saturated heterocycles. The van der Waals surface area contributed by atoms with Crippen LogP contribution in [0.1, 0.15) is 22.5 Å². The number of non-ortho nitro benzene ring substituents is 1. The summed E-state index contributed by atoms with van der Waals surface area (Å²) >= 11 is 0. The molecule has 0 aliphatic heterocycles. The Labute approximate surface area is 271 Å². The summed E-state index contributed by atoms with van der Waals surface area (Å²) in [6.45, 7) is 4.03.